The van der Waals surface area contributed by atoms with Gasteiger partial charge in [-0.25, -0.2) is 9.59 Å². The lowest BCUT2D eigenvalue weighted by Crippen LogP contribution is -2.47. The fourth-order valence-electron chi connectivity index (χ4n) is 4.98. The first-order chi connectivity index (χ1) is 20.1. The first-order valence-corrected chi connectivity index (χ1v) is 14.0. The summed E-state index contributed by atoms with van der Waals surface area (Å²) in [6, 6.07) is 20.4. The van der Waals surface area contributed by atoms with E-state index in [4.69, 9.17) is 4.74 Å². The predicted molar refractivity (Wildman–Crippen MR) is 161 cm³/mol. The van der Waals surface area contributed by atoms with Crippen molar-refractivity contribution in [2.24, 2.45) is 5.92 Å². The maximum absolute atomic E-state index is 13.5. The number of hydrogen-bond donors (Lipinski definition) is 4. The van der Waals surface area contributed by atoms with E-state index in [0.29, 0.717) is 42.3 Å². The normalized spacial score (nSPS) is 17.7. The van der Waals surface area contributed by atoms with Crippen LogP contribution in [0.2, 0.25) is 0 Å². The zero-order valence-electron chi connectivity index (χ0n) is 24.1. The molecule has 0 unspecified atom stereocenters. The van der Waals surface area contributed by atoms with E-state index < -0.39 is 12.0 Å². The number of carbonyl (C=O) groups excluding carboxylic acids is 2. The summed E-state index contributed by atoms with van der Waals surface area (Å²) in [6.45, 7) is 5.21. The second-order valence-electron chi connectivity index (χ2n) is 10.9. The maximum Gasteiger partial charge on any atom is 0.335 e. The van der Waals surface area contributed by atoms with Gasteiger partial charge in [0.1, 0.15) is 11.9 Å². The van der Waals surface area contributed by atoms with Gasteiger partial charge in [-0.2, -0.15) is 0 Å². The number of rotatable bonds is 9. The van der Waals surface area contributed by atoms with E-state index in [1.165, 1.54) is 0 Å². The van der Waals surface area contributed by atoms with Crippen LogP contribution in [0.4, 0.5) is 16.2 Å². The number of ether oxygens (including phenoxy) is 1. The summed E-state index contributed by atoms with van der Waals surface area (Å²) in [5.41, 5.74) is 3.02. The fourth-order valence-corrected chi connectivity index (χ4v) is 4.98. The van der Waals surface area contributed by atoms with Crippen LogP contribution in [0.15, 0.2) is 72.8 Å². The molecule has 3 aromatic rings. The summed E-state index contributed by atoms with van der Waals surface area (Å²) in [6.07, 6.45) is -0.243. The van der Waals surface area contributed by atoms with Gasteiger partial charge in [0.05, 0.1) is 24.6 Å². The van der Waals surface area contributed by atoms with Crippen LogP contribution in [0.1, 0.15) is 35.3 Å². The standard InChI is InChI=1S/C32H38N4O6/c1-21-17-36(22(2)20-37)30(38)16-25-15-27(34-32(41)33-26-7-5-4-6-8-26)13-14-28(25)42-29(21)19-35(3)18-23-9-11-24(12-10-23)31(39)40/h4-15,21-22,29,37H,16-20H2,1-3H3,(H,39,40)(H2,33,34,41)/t21-,22+,29+/m1/s1. The van der Waals surface area contributed by atoms with E-state index in [1.807, 2.05) is 39.1 Å². The number of likely N-dealkylation sites (N-methyl/N-ethyl adjacent to an activating group) is 1. The van der Waals surface area contributed by atoms with Crippen molar-refractivity contribution in [1.82, 2.24) is 9.80 Å². The molecule has 10 nitrogen and oxygen atoms in total. The Labute approximate surface area is 245 Å². The average Bonchev–Trinajstić information content (AvgIpc) is 3.00. The molecule has 222 valence electrons. The van der Waals surface area contributed by atoms with Crippen molar-refractivity contribution in [3.05, 3.63) is 89.5 Å². The summed E-state index contributed by atoms with van der Waals surface area (Å²) in [7, 11) is 1.96. The van der Waals surface area contributed by atoms with Gasteiger partial charge in [-0.15, -0.1) is 0 Å². The number of amides is 3. The minimum atomic E-state index is -0.965. The van der Waals surface area contributed by atoms with Gasteiger partial charge in [0.2, 0.25) is 5.91 Å². The molecule has 0 aromatic heterocycles. The van der Waals surface area contributed by atoms with Crippen LogP contribution in [0.3, 0.4) is 0 Å². The Morgan fingerprint density at radius 3 is 2.40 bits per heavy atom. The molecule has 0 radical (unpaired) electrons. The molecule has 0 spiro atoms. The highest BCUT2D eigenvalue weighted by molar-refractivity contribution is 6.00. The minimum Gasteiger partial charge on any atom is -0.488 e. The first-order valence-electron chi connectivity index (χ1n) is 14.0. The number of carbonyl (C=O) groups is 3. The Kier molecular flexibility index (Phi) is 10.2. The maximum atomic E-state index is 13.5. The number of fused-ring (bicyclic) bond motifs is 1. The number of anilines is 2. The number of benzene rings is 3. The average molecular weight is 575 g/mol. The second-order valence-corrected chi connectivity index (χ2v) is 10.9. The van der Waals surface area contributed by atoms with Crippen molar-refractivity contribution in [1.29, 1.82) is 0 Å². The molecule has 0 fully saturated rings. The molecule has 10 heteroatoms. The summed E-state index contributed by atoms with van der Waals surface area (Å²) in [4.78, 5) is 41.0. The third kappa shape index (κ3) is 8.08. The molecule has 1 heterocycles. The van der Waals surface area contributed by atoms with Crippen molar-refractivity contribution >= 4 is 29.3 Å². The molecule has 1 aliphatic rings. The number of carboxylic acids is 1. The molecule has 1 aliphatic heterocycles. The molecular weight excluding hydrogens is 536 g/mol. The van der Waals surface area contributed by atoms with Gasteiger partial charge in [-0.3, -0.25) is 9.69 Å². The van der Waals surface area contributed by atoms with Crippen LogP contribution in [-0.2, 0) is 17.8 Å². The van der Waals surface area contributed by atoms with Gasteiger partial charge in [-0.1, -0.05) is 37.3 Å². The van der Waals surface area contributed by atoms with Crippen molar-refractivity contribution in [3.8, 4) is 5.75 Å². The van der Waals surface area contributed by atoms with E-state index in [2.05, 4.69) is 15.5 Å². The van der Waals surface area contributed by atoms with Crippen LogP contribution in [0.25, 0.3) is 0 Å². The van der Waals surface area contributed by atoms with Crippen LogP contribution in [0.5, 0.6) is 5.75 Å². The monoisotopic (exact) mass is 574 g/mol. The number of nitrogens with zero attached hydrogens (tertiary/aromatic N) is 2. The topological polar surface area (TPSA) is 131 Å². The number of hydrogen-bond acceptors (Lipinski definition) is 6. The number of carboxylic acid groups (broad SMARTS) is 1. The molecule has 3 aromatic carbocycles. The zero-order chi connectivity index (χ0) is 30.2. The molecule has 4 rings (SSSR count). The van der Waals surface area contributed by atoms with Crippen molar-refractivity contribution in [2.45, 2.75) is 39.0 Å². The Morgan fingerprint density at radius 2 is 1.74 bits per heavy atom. The second kappa shape index (κ2) is 14.0. The molecule has 0 bridgehead atoms. The highest BCUT2D eigenvalue weighted by atomic mass is 16.5. The van der Waals surface area contributed by atoms with Crippen LogP contribution in [0, 0.1) is 5.92 Å². The third-order valence-electron chi connectivity index (χ3n) is 7.35. The largest absolute Gasteiger partial charge is 0.488 e. The number of nitrogens with one attached hydrogen (secondary N) is 2. The van der Waals surface area contributed by atoms with Gasteiger partial charge in [0.15, 0.2) is 0 Å². The number of aliphatic hydroxyl groups excluding tert-OH is 1. The van der Waals surface area contributed by atoms with Crippen molar-refractivity contribution in [2.75, 3.05) is 37.4 Å². The van der Waals surface area contributed by atoms with E-state index in [9.17, 15) is 24.6 Å². The molecular formula is C32H38N4O6. The number of urea groups is 1. The van der Waals surface area contributed by atoms with Gasteiger partial charge >= 0.3 is 12.0 Å². The quantitative estimate of drug-likeness (QED) is 0.300. The van der Waals surface area contributed by atoms with E-state index in [0.717, 1.165) is 5.56 Å². The number of aromatic carboxylic acids is 1. The molecule has 3 amide bonds. The van der Waals surface area contributed by atoms with Gasteiger partial charge < -0.3 is 30.5 Å². The summed E-state index contributed by atoms with van der Waals surface area (Å²) in [5, 5.41) is 24.7. The lowest BCUT2D eigenvalue weighted by Gasteiger charge is -2.34. The van der Waals surface area contributed by atoms with E-state index in [-0.39, 0.29) is 42.6 Å². The molecule has 0 saturated carbocycles. The van der Waals surface area contributed by atoms with E-state index >= 15 is 0 Å². The third-order valence-corrected chi connectivity index (χ3v) is 7.35. The molecule has 3 atom stereocenters. The highest BCUT2D eigenvalue weighted by Gasteiger charge is 2.31. The molecule has 42 heavy (non-hydrogen) atoms. The first kappa shape index (κ1) is 30.5. The Bertz CT molecular complexity index is 1380. The fraction of sp³-hybridized carbons (Fsp3) is 0.344. The lowest BCUT2D eigenvalue weighted by atomic mass is 10.0. The van der Waals surface area contributed by atoms with Gasteiger partial charge in [0.25, 0.3) is 0 Å². The van der Waals surface area contributed by atoms with E-state index in [1.54, 1.807) is 59.5 Å². The SMILES string of the molecule is C[C@@H]1CN([C@@H](C)CO)C(=O)Cc2cc(NC(=O)Nc3ccccc3)ccc2O[C@H]1CN(C)Cc1ccc(C(=O)O)cc1. The van der Waals surface area contributed by atoms with Gasteiger partial charge in [-0.05, 0) is 62.0 Å². The Hall–Kier alpha value is -4.41. The summed E-state index contributed by atoms with van der Waals surface area (Å²) in [5.74, 6) is -0.605. The summed E-state index contributed by atoms with van der Waals surface area (Å²) < 4.78 is 6.56. The number of para-hydroxylation sites is 1. The summed E-state index contributed by atoms with van der Waals surface area (Å²) >= 11 is 0. The van der Waals surface area contributed by atoms with Crippen LogP contribution < -0.4 is 15.4 Å². The van der Waals surface area contributed by atoms with Crippen molar-refractivity contribution in [3.63, 3.8) is 0 Å². The predicted octanol–water partition coefficient (Wildman–Crippen LogP) is 4.31. The Balaban J connectivity index is 1.55. The number of aliphatic hydroxyl groups is 1. The highest BCUT2D eigenvalue weighted by Crippen LogP contribution is 2.29. The Morgan fingerprint density at radius 1 is 1.05 bits per heavy atom. The lowest BCUT2D eigenvalue weighted by molar-refractivity contribution is -0.134. The minimum absolute atomic E-state index is 0.0563. The zero-order valence-corrected chi connectivity index (χ0v) is 24.1. The van der Waals surface area contributed by atoms with Crippen LogP contribution >= 0.6 is 0 Å². The van der Waals surface area contributed by atoms with Crippen molar-refractivity contribution < 1.29 is 29.3 Å². The van der Waals surface area contributed by atoms with Gasteiger partial charge in [0, 0.05) is 42.5 Å². The smallest absolute Gasteiger partial charge is 0.335 e. The molecule has 4 N–H and O–H groups in total. The molecule has 0 saturated heterocycles. The van der Waals surface area contributed by atoms with Crippen LogP contribution in [-0.4, -0.2) is 76.8 Å². The molecule has 0 aliphatic carbocycles.